The lowest BCUT2D eigenvalue weighted by molar-refractivity contribution is 0.102. The second-order valence-electron chi connectivity index (χ2n) is 7.80. The van der Waals surface area contributed by atoms with Crippen molar-refractivity contribution in [3.05, 3.63) is 89.6 Å². The summed E-state index contributed by atoms with van der Waals surface area (Å²) in [4.78, 5) is 25.6. The number of aromatic nitrogens is 3. The Kier molecular flexibility index (Phi) is 5.40. The molecule has 0 fully saturated rings. The molecule has 5 rings (SSSR count). The number of aryl methyl sites for hydroxylation is 1. The zero-order valence-electron chi connectivity index (χ0n) is 18.2. The molecule has 3 aromatic carbocycles. The number of anilines is 4. The van der Waals surface area contributed by atoms with Crippen molar-refractivity contribution in [2.24, 2.45) is 0 Å². The summed E-state index contributed by atoms with van der Waals surface area (Å²) < 4.78 is 41.2. The number of nitrogens with zero attached hydrogens (tertiary/aromatic N) is 3. The van der Waals surface area contributed by atoms with Gasteiger partial charge < -0.3 is 16.4 Å². The molecule has 0 aliphatic rings. The van der Waals surface area contributed by atoms with E-state index in [1.165, 1.54) is 12.5 Å². The van der Waals surface area contributed by atoms with E-state index in [2.05, 4.69) is 25.6 Å². The minimum atomic E-state index is -1.29. The highest BCUT2D eigenvalue weighted by Gasteiger charge is 2.17. The Morgan fingerprint density at radius 1 is 0.886 bits per heavy atom. The van der Waals surface area contributed by atoms with Crippen LogP contribution in [0.1, 0.15) is 15.9 Å². The number of carbonyl (C=O) groups excluding carboxylic acids is 1. The van der Waals surface area contributed by atoms with Gasteiger partial charge in [0.25, 0.3) is 5.91 Å². The molecule has 0 aliphatic carbocycles. The van der Waals surface area contributed by atoms with Crippen molar-refractivity contribution >= 4 is 50.6 Å². The number of hydrogen-bond donors (Lipinski definition) is 3. The Morgan fingerprint density at radius 2 is 1.69 bits per heavy atom. The van der Waals surface area contributed by atoms with Crippen LogP contribution in [-0.2, 0) is 0 Å². The lowest BCUT2D eigenvalue weighted by atomic mass is 10.0. The second-order valence-corrected chi connectivity index (χ2v) is 7.80. The molecule has 0 spiro atoms. The molecule has 0 saturated carbocycles. The van der Waals surface area contributed by atoms with Crippen molar-refractivity contribution in [3.63, 3.8) is 0 Å². The van der Waals surface area contributed by atoms with Crippen LogP contribution in [0.25, 0.3) is 21.7 Å². The molecule has 10 heteroatoms. The maximum Gasteiger partial charge on any atom is 0.257 e. The molecule has 0 unspecified atom stereocenters. The highest BCUT2D eigenvalue weighted by atomic mass is 19.2. The molecule has 7 nitrogen and oxygen atoms in total. The van der Waals surface area contributed by atoms with Crippen LogP contribution in [0.15, 0.2) is 61.1 Å². The van der Waals surface area contributed by atoms with Crippen LogP contribution in [0.2, 0.25) is 0 Å². The van der Waals surface area contributed by atoms with Crippen LogP contribution in [0, 0.1) is 24.4 Å². The summed E-state index contributed by atoms with van der Waals surface area (Å²) in [6, 6.07) is 11.4. The first kappa shape index (κ1) is 22.1. The number of nitrogens with one attached hydrogen (secondary N) is 2. The lowest BCUT2D eigenvalue weighted by Crippen LogP contribution is -2.14. The maximum atomic E-state index is 14.2. The van der Waals surface area contributed by atoms with Gasteiger partial charge in [-0.05, 0) is 30.7 Å². The molecule has 35 heavy (non-hydrogen) atoms. The number of fused-ring (bicyclic) bond motifs is 2. The molecular weight excluding hydrogens is 457 g/mol. The number of benzene rings is 3. The van der Waals surface area contributed by atoms with Gasteiger partial charge in [-0.3, -0.25) is 4.79 Å². The van der Waals surface area contributed by atoms with Gasteiger partial charge in [0, 0.05) is 34.5 Å². The summed E-state index contributed by atoms with van der Waals surface area (Å²) >= 11 is 0. The third-order valence-electron chi connectivity index (χ3n) is 5.60. The molecule has 2 aromatic heterocycles. The summed E-state index contributed by atoms with van der Waals surface area (Å²) in [5.74, 6) is -3.41. The maximum absolute atomic E-state index is 14.2. The first-order valence-corrected chi connectivity index (χ1v) is 10.4. The summed E-state index contributed by atoms with van der Waals surface area (Å²) in [6.45, 7) is 1.82. The van der Waals surface area contributed by atoms with Crippen LogP contribution in [-0.4, -0.2) is 20.9 Å². The van der Waals surface area contributed by atoms with E-state index in [9.17, 15) is 18.0 Å². The smallest absolute Gasteiger partial charge is 0.257 e. The molecule has 0 bridgehead atoms. The van der Waals surface area contributed by atoms with E-state index in [1.807, 2.05) is 6.92 Å². The fraction of sp³-hybridized carbons (Fsp3) is 0.0400. The van der Waals surface area contributed by atoms with Gasteiger partial charge in [-0.1, -0.05) is 18.2 Å². The zero-order chi connectivity index (χ0) is 24.7. The fourth-order valence-corrected chi connectivity index (χ4v) is 3.85. The number of nitrogens with two attached hydrogens (primary N) is 1. The number of hydrogen-bond acceptors (Lipinski definition) is 6. The van der Waals surface area contributed by atoms with E-state index in [-0.39, 0.29) is 17.3 Å². The van der Waals surface area contributed by atoms with E-state index in [0.717, 1.165) is 11.6 Å². The molecular formula is C25H17F3N6O. The first-order valence-electron chi connectivity index (χ1n) is 10.4. The van der Waals surface area contributed by atoms with E-state index in [1.54, 1.807) is 36.4 Å². The van der Waals surface area contributed by atoms with Gasteiger partial charge >= 0.3 is 0 Å². The highest BCUT2D eigenvalue weighted by Crippen LogP contribution is 2.33. The largest absolute Gasteiger partial charge is 0.383 e. The Balaban J connectivity index is 1.56. The van der Waals surface area contributed by atoms with E-state index in [4.69, 9.17) is 5.73 Å². The number of amides is 1. The van der Waals surface area contributed by atoms with Crippen molar-refractivity contribution in [2.45, 2.75) is 6.92 Å². The molecule has 0 saturated heterocycles. The van der Waals surface area contributed by atoms with Crippen molar-refractivity contribution in [1.29, 1.82) is 0 Å². The quantitative estimate of drug-likeness (QED) is 0.298. The minimum Gasteiger partial charge on any atom is -0.383 e. The summed E-state index contributed by atoms with van der Waals surface area (Å²) in [7, 11) is 0. The van der Waals surface area contributed by atoms with Crippen molar-refractivity contribution in [1.82, 2.24) is 15.0 Å². The number of para-hydroxylation sites is 1. The van der Waals surface area contributed by atoms with Gasteiger partial charge in [0.05, 0.1) is 22.5 Å². The van der Waals surface area contributed by atoms with Gasteiger partial charge in [-0.15, -0.1) is 0 Å². The van der Waals surface area contributed by atoms with E-state index in [0.29, 0.717) is 39.0 Å². The molecule has 5 aromatic rings. The van der Waals surface area contributed by atoms with Gasteiger partial charge in [-0.25, -0.2) is 28.1 Å². The van der Waals surface area contributed by atoms with Crippen LogP contribution in [0.4, 0.5) is 36.2 Å². The number of nitrogen functional groups attached to an aromatic ring is 1. The second kappa shape index (κ2) is 8.56. The fourth-order valence-electron chi connectivity index (χ4n) is 3.85. The third-order valence-corrected chi connectivity index (χ3v) is 5.60. The summed E-state index contributed by atoms with van der Waals surface area (Å²) in [6.07, 6.45) is 2.75. The predicted molar refractivity (Wildman–Crippen MR) is 128 cm³/mol. The highest BCUT2D eigenvalue weighted by molar-refractivity contribution is 6.16. The van der Waals surface area contributed by atoms with Crippen molar-refractivity contribution in [3.8, 4) is 0 Å². The summed E-state index contributed by atoms with van der Waals surface area (Å²) in [5, 5.41) is 7.32. The number of pyridine rings is 1. The summed E-state index contributed by atoms with van der Waals surface area (Å²) in [5.41, 5.74) is 7.62. The average Bonchev–Trinajstić information content (AvgIpc) is 2.84. The monoisotopic (exact) mass is 474 g/mol. The first-order chi connectivity index (χ1) is 16.8. The molecule has 0 radical (unpaired) electrons. The number of rotatable bonds is 4. The Labute approximate surface area is 196 Å². The van der Waals surface area contributed by atoms with Crippen LogP contribution in [0.5, 0.6) is 0 Å². The standard InChI is InChI=1S/C25H17F3N6O/c1-12-5-6-14-13(7-8-30-24(14)33-20-10-18(27)17(26)9-19(20)28)21(12)34-25(35)16-4-2-3-15-22(16)31-11-32-23(15)29/h2-11H,1H3,(H,30,33)(H,34,35)(H2,29,31,32). The lowest BCUT2D eigenvalue weighted by Gasteiger charge is -2.15. The molecule has 2 heterocycles. The third kappa shape index (κ3) is 3.95. The number of halogens is 3. The van der Waals surface area contributed by atoms with Gasteiger partial charge in [0.1, 0.15) is 23.8 Å². The van der Waals surface area contributed by atoms with Crippen molar-refractivity contribution in [2.75, 3.05) is 16.4 Å². The Hall–Kier alpha value is -4.73. The molecule has 0 atom stereocenters. The van der Waals surface area contributed by atoms with Crippen molar-refractivity contribution < 1.29 is 18.0 Å². The van der Waals surface area contributed by atoms with Gasteiger partial charge in [0.15, 0.2) is 11.6 Å². The van der Waals surface area contributed by atoms with Crippen LogP contribution < -0.4 is 16.4 Å². The minimum absolute atomic E-state index is 0.202. The van der Waals surface area contributed by atoms with E-state index < -0.39 is 23.4 Å². The Bertz CT molecular complexity index is 1640. The van der Waals surface area contributed by atoms with Gasteiger partial charge in [-0.2, -0.15) is 0 Å². The van der Waals surface area contributed by atoms with Crippen LogP contribution >= 0.6 is 0 Å². The average molecular weight is 474 g/mol. The van der Waals surface area contributed by atoms with E-state index >= 15 is 0 Å². The SMILES string of the molecule is Cc1ccc2c(Nc3cc(F)c(F)cc3F)nccc2c1NC(=O)c1cccc2c(N)ncnc12. The molecule has 1 amide bonds. The normalized spacial score (nSPS) is 11.1. The molecule has 0 aliphatic heterocycles. The number of carbonyl (C=O) groups is 1. The van der Waals surface area contributed by atoms with Gasteiger partial charge in [0.2, 0.25) is 0 Å². The Morgan fingerprint density at radius 3 is 2.51 bits per heavy atom. The molecule has 4 N–H and O–H groups in total. The molecule has 174 valence electrons. The van der Waals surface area contributed by atoms with Crippen LogP contribution in [0.3, 0.4) is 0 Å². The predicted octanol–water partition coefficient (Wildman–Crippen LogP) is 5.48. The topological polar surface area (TPSA) is 106 Å². The zero-order valence-corrected chi connectivity index (χ0v) is 18.2.